The van der Waals surface area contributed by atoms with E-state index in [0.717, 1.165) is 12.2 Å². The summed E-state index contributed by atoms with van der Waals surface area (Å²) < 4.78 is 33.0. The smallest absolute Gasteiger partial charge is 0.276 e. The number of thioether (sulfide) groups is 1. The Morgan fingerprint density at radius 1 is 1.26 bits per heavy atom. The van der Waals surface area contributed by atoms with Gasteiger partial charge >= 0.3 is 0 Å². The molecule has 0 saturated carbocycles. The first kappa shape index (κ1) is 18.1. The van der Waals surface area contributed by atoms with Gasteiger partial charge in [0.2, 0.25) is 0 Å². The van der Waals surface area contributed by atoms with Crippen LogP contribution < -0.4 is 4.74 Å². The molecule has 1 aromatic heterocycles. The molecule has 126 valence electrons. The minimum Gasteiger partial charge on any atom is -0.482 e. The van der Waals surface area contributed by atoms with Crippen molar-refractivity contribution in [3.8, 4) is 5.75 Å². The van der Waals surface area contributed by atoms with Gasteiger partial charge < -0.3 is 9.15 Å². The third-order valence-electron chi connectivity index (χ3n) is 2.77. The lowest BCUT2D eigenvalue weighted by Crippen LogP contribution is -2.02. The van der Waals surface area contributed by atoms with Crippen molar-refractivity contribution in [3.63, 3.8) is 0 Å². The Morgan fingerprint density at radius 2 is 2.04 bits per heavy atom. The fourth-order valence-corrected chi connectivity index (χ4v) is 3.38. The highest BCUT2D eigenvalue weighted by Crippen LogP contribution is 2.24. The van der Waals surface area contributed by atoms with E-state index in [4.69, 9.17) is 20.8 Å². The zero-order valence-corrected chi connectivity index (χ0v) is 15.0. The molecule has 0 amide bonds. The maximum absolute atomic E-state index is 11.0. The largest absolute Gasteiger partial charge is 0.482 e. The number of unbranched alkanes of at least 4 members (excludes halogenated alkanes) is 1. The average Bonchev–Trinajstić information content (AvgIpc) is 2.93. The second-order valence-corrected chi connectivity index (χ2v) is 8.58. The van der Waals surface area contributed by atoms with E-state index in [1.54, 1.807) is 12.1 Å². The monoisotopic (exact) mass is 376 g/mol. The number of nitrogens with zero attached hydrogens (tertiary/aromatic N) is 2. The van der Waals surface area contributed by atoms with E-state index in [2.05, 4.69) is 10.2 Å². The summed E-state index contributed by atoms with van der Waals surface area (Å²) in [6.07, 6.45) is 2.64. The van der Waals surface area contributed by atoms with E-state index >= 15 is 0 Å². The molecule has 0 N–H and O–H groups in total. The van der Waals surface area contributed by atoms with Gasteiger partial charge in [-0.25, -0.2) is 8.42 Å². The molecule has 0 aliphatic carbocycles. The van der Waals surface area contributed by atoms with Gasteiger partial charge in [0.25, 0.3) is 11.1 Å². The molecule has 2 aromatic rings. The Balaban J connectivity index is 1.72. The van der Waals surface area contributed by atoms with Gasteiger partial charge in [-0.1, -0.05) is 35.5 Å². The van der Waals surface area contributed by atoms with E-state index < -0.39 is 9.84 Å². The molecule has 0 bridgehead atoms. The molecule has 0 aliphatic rings. The summed E-state index contributed by atoms with van der Waals surface area (Å²) in [7, 11) is -2.89. The number of ether oxygens (including phenoxy) is 1. The zero-order chi connectivity index (χ0) is 16.7. The van der Waals surface area contributed by atoms with Crippen LogP contribution in [-0.2, 0) is 16.4 Å². The highest BCUT2D eigenvalue weighted by Gasteiger charge is 2.09. The van der Waals surface area contributed by atoms with Crippen LogP contribution in [-0.4, -0.2) is 36.4 Å². The quantitative estimate of drug-likeness (QED) is 0.490. The third-order valence-corrected chi connectivity index (χ3v) is 5.02. The third kappa shape index (κ3) is 6.80. The number of para-hydroxylation sites is 1. The van der Waals surface area contributed by atoms with Crippen molar-refractivity contribution >= 4 is 33.2 Å². The lowest BCUT2D eigenvalue weighted by molar-refractivity contribution is 0.252. The Hall–Kier alpha value is -1.25. The van der Waals surface area contributed by atoms with Crippen LogP contribution in [0.5, 0.6) is 5.75 Å². The molecule has 0 atom stereocenters. The molecule has 9 heteroatoms. The van der Waals surface area contributed by atoms with Crippen molar-refractivity contribution in [3.05, 3.63) is 35.2 Å². The average molecular weight is 377 g/mol. The van der Waals surface area contributed by atoms with Crippen LogP contribution in [0.25, 0.3) is 0 Å². The first-order valence-electron chi connectivity index (χ1n) is 6.94. The van der Waals surface area contributed by atoms with E-state index in [-0.39, 0.29) is 12.4 Å². The topological polar surface area (TPSA) is 82.3 Å². The number of hydrogen-bond donors (Lipinski definition) is 0. The summed E-state index contributed by atoms with van der Waals surface area (Å²) in [6, 6.07) is 7.14. The van der Waals surface area contributed by atoms with Crippen LogP contribution in [0.2, 0.25) is 5.02 Å². The highest BCUT2D eigenvalue weighted by atomic mass is 35.5. The van der Waals surface area contributed by atoms with Crippen LogP contribution in [0.15, 0.2) is 33.9 Å². The fraction of sp³-hybridized carbons (Fsp3) is 0.429. The summed E-state index contributed by atoms with van der Waals surface area (Å²) in [5.74, 6) is 1.85. The summed E-state index contributed by atoms with van der Waals surface area (Å²) in [5.41, 5.74) is 0. The van der Waals surface area contributed by atoms with Crippen molar-refractivity contribution in [2.24, 2.45) is 0 Å². The van der Waals surface area contributed by atoms with Crippen molar-refractivity contribution in [2.75, 3.05) is 17.8 Å². The second kappa shape index (κ2) is 8.56. The molecule has 23 heavy (non-hydrogen) atoms. The van der Waals surface area contributed by atoms with Crippen LogP contribution in [0.3, 0.4) is 0 Å². The Morgan fingerprint density at radius 3 is 2.78 bits per heavy atom. The molecule has 0 saturated heterocycles. The molecule has 0 fully saturated rings. The van der Waals surface area contributed by atoms with Crippen molar-refractivity contribution < 1.29 is 17.6 Å². The molecule has 1 aromatic carbocycles. The van der Waals surface area contributed by atoms with Crippen molar-refractivity contribution in [1.29, 1.82) is 0 Å². The molecule has 0 radical (unpaired) electrons. The van der Waals surface area contributed by atoms with Gasteiger partial charge in [-0.15, -0.1) is 10.2 Å². The van der Waals surface area contributed by atoms with Gasteiger partial charge in [-0.05, 0) is 25.0 Å². The SMILES string of the molecule is CS(=O)(=O)CCCCSc1nnc(COc2ccccc2Cl)o1. The predicted octanol–water partition coefficient (Wildman–Crippen LogP) is 3.22. The fourth-order valence-electron chi connectivity index (χ4n) is 1.68. The van der Waals surface area contributed by atoms with E-state index in [9.17, 15) is 8.42 Å². The summed E-state index contributed by atoms with van der Waals surface area (Å²) in [4.78, 5) is 0. The predicted molar refractivity (Wildman–Crippen MR) is 89.8 cm³/mol. The maximum atomic E-state index is 11.0. The summed E-state index contributed by atoms with van der Waals surface area (Å²) >= 11 is 7.39. The molecule has 0 spiro atoms. The van der Waals surface area contributed by atoms with Gasteiger partial charge in [-0.3, -0.25) is 0 Å². The second-order valence-electron chi connectivity index (χ2n) is 4.87. The molecular formula is C14H17ClN2O4S2. The number of hydrogen-bond acceptors (Lipinski definition) is 7. The molecule has 6 nitrogen and oxygen atoms in total. The zero-order valence-electron chi connectivity index (χ0n) is 12.6. The van der Waals surface area contributed by atoms with E-state index in [1.165, 1.54) is 18.0 Å². The number of sulfone groups is 1. The van der Waals surface area contributed by atoms with Crippen LogP contribution >= 0.6 is 23.4 Å². The molecule has 0 unspecified atom stereocenters. The Labute approximate surface area is 144 Å². The maximum Gasteiger partial charge on any atom is 0.276 e. The minimum absolute atomic E-state index is 0.144. The van der Waals surface area contributed by atoms with Crippen LogP contribution in [0, 0.1) is 0 Å². The van der Waals surface area contributed by atoms with Gasteiger partial charge in [0.05, 0.1) is 5.02 Å². The lowest BCUT2D eigenvalue weighted by atomic mass is 10.3. The van der Waals surface area contributed by atoms with Crippen molar-refractivity contribution in [1.82, 2.24) is 10.2 Å². The van der Waals surface area contributed by atoms with E-state index in [1.807, 2.05) is 12.1 Å². The summed E-state index contributed by atoms with van der Waals surface area (Å²) in [6.45, 7) is 0.144. The Kier molecular flexibility index (Phi) is 6.73. The molecule has 2 rings (SSSR count). The number of rotatable bonds is 9. The number of benzene rings is 1. The first-order valence-corrected chi connectivity index (χ1v) is 10.4. The van der Waals surface area contributed by atoms with Gasteiger partial charge in [0.1, 0.15) is 15.6 Å². The van der Waals surface area contributed by atoms with E-state index in [0.29, 0.717) is 28.3 Å². The van der Waals surface area contributed by atoms with Gasteiger partial charge in [-0.2, -0.15) is 0 Å². The number of halogens is 1. The Bertz CT molecular complexity index is 734. The van der Waals surface area contributed by atoms with Crippen LogP contribution in [0.1, 0.15) is 18.7 Å². The van der Waals surface area contributed by atoms with Crippen molar-refractivity contribution in [2.45, 2.75) is 24.7 Å². The van der Waals surface area contributed by atoms with Gasteiger partial charge in [0, 0.05) is 17.8 Å². The molecule has 0 aliphatic heterocycles. The normalized spacial score (nSPS) is 11.6. The molecule has 1 heterocycles. The first-order chi connectivity index (χ1) is 10.9. The molecular weight excluding hydrogens is 360 g/mol. The minimum atomic E-state index is -2.89. The number of aromatic nitrogens is 2. The van der Waals surface area contributed by atoms with Crippen LogP contribution in [0.4, 0.5) is 0 Å². The van der Waals surface area contributed by atoms with Gasteiger partial charge in [0.15, 0.2) is 6.61 Å². The highest BCUT2D eigenvalue weighted by molar-refractivity contribution is 7.99. The summed E-state index contributed by atoms with van der Waals surface area (Å²) in [5, 5.41) is 8.78. The standard InChI is InChI=1S/C14H17ClN2O4S2/c1-23(18,19)9-5-4-8-22-14-17-16-13(21-14)10-20-12-7-3-2-6-11(12)15/h2-3,6-7H,4-5,8-10H2,1H3. The lowest BCUT2D eigenvalue weighted by Gasteiger charge is -2.04.